The predicted molar refractivity (Wildman–Crippen MR) is 80.5 cm³/mol. The summed E-state index contributed by atoms with van der Waals surface area (Å²) in [6.07, 6.45) is 1.65. The summed E-state index contributed by atoms with van der Waals surface area (Å²) in [4.78, 5) is 10.3. The Balaban J connectivity index is 2.14. The minimum atomic E-state index is -0.261. The van der Waals surface area contributed by atoms with E-state index in [4.69, 9.17) is 0 Å². The normalized spacial score (nSPS) is 10.8. The van der Waals surface area contributed by atoms with Gasteiger partial charge in [-0.1, -0.05) is 6.92 Å². The van der Waals surface area contributed by atoms with Crippen molar-refractivity contribution in [2.75, 3.05) is 18.5 Å². The first-order chi connectivity index (χ1) is 9.61. The summed E-state index contributed by atoms with van der Waals surface area (Å²) in [5, 5.41) is 6.14. The summed E-state index contributed by atoms with van der Waals surface area (Å²) in [6, 6.07) is 1.71. The quantitative estimate of drug-likeness (QED) is 0.889. The lowest BCUT2D eigenvalue weighted by Crippen LogP contribution is -2.21. The minimum Gasteiger partial charge on any atom is -0.351 e. The van der Waals surface area contributed by atoms with E-state index >= 15 is 0 Å². The van der Waals surface area contributed by atoms with Crippen LogP contribution in [0.3, 0.4) is 0 Å². The fraction of sp³-hybridized carbons (Fsp3) is 0.429. The molecule has 2 heterocycles. The van der Waals surface area contributed by atoms with Crippen molar-refractivity contribution in [3.8, 4) is 0 Å². The van der Waals surface area contributed by atoms with Crippen LogP contribution in [0.2, 0.25) is 0 Å². The van der Waals surface area contributed by atoms with Crippen molar-refractivity contribution in [3.05, 3.63) is 39.7 Å². The van der Waals surface area contributed by atoms with Gasteiger partial charge in [-0.25, -0.2) is 14.4 Å². The Labute approximate surface area is 122 Å². The predicted octanol–water partition coefficient (Wildman–Crippen LogP) is 2.73. The average Bonchev–Trinajstić information content (AvgIpc) is 2.83. The molecule has 6 heteroatoms. The highest BCUT2D eigenvalue weighted by Gasteiger charge is 2.14. The van der Waals surface area contributed by atoms with E-state index in [-0.39, 0.29) is 5.82 Å². The highest BCUT2D eigenvalue weighted by atomic mass is 32.1. The van der Waals surface area contributed by atoms with Gasteiger partial charge in [-0.2, -0.15) is 0 Å². The molecule has 2 aromatic rings. The molecular weight excluding hydrogens is 275 g/mol. The smallest absolute Gasteiger partial charge is 0.170 e. The molecular formula is C14H19FN4S. The standard InChI is InChI=1S/C14H19FN4S/c1-4-16-7-11-5-6-17-14(13(11)15)19(3)8-12-9-20-10(2)18-12/h5-6,9,16H,4,7-8H2,1-3H3. The Morgan fingerprint density at radius 1 is 1.45 bits per heavy atom. The molecule has 108 valence electrons. The molecule has 2 aromatic heterocycles. The lowest BCUT2D eigenvalue weighted by atomic mass is 10.2. The number of nitrogens with one attached hydrogen (secondary N) is 1. The van der Waals surface area contributed by atoms with Gasteiger partial charge in [-0.05, 0) is 19.5 Å². The third-order valence-corrected chi connectivity index (χ3v) is 3.77. The van der Waals surface area contributed by atoms with Crippen molar-refractivity contribution >= 4 is 17.2 Å². The van der Waals surface area contributed by atoms with Crippen LogP contribution in [0.15, 0.2) is 17.6 Å². The van der Waals surface area contributed by atoms with Crippen molar-refractivity contribution in [1.82, 2.24) is 15.3 Å². The second kappa shape index (κ2) is 6.76. The van der Waals surface area contributed by atoms with Crippen LogP contribution in [-0.2, 0) is 13.1 Å². The summed E-state index contributed by atoms with van der Waals surface area (Å²) in [6.45, 7) is 5.84. The largest absolute Gasteiger partial charge is 0.351 e. The molecule has 20 heavy (non-hydrogen) atoms. The second-order valence-electron chi connectivity index (χ2n) is 4.60. The molecule has 0 fully saturated rings. The van der Waals surface area contributed by atoms with Gasteiger partial charge in [-0.3, -0.25) is 0 Å². The molecule has 0 radical (unpaired) electrons. The molecule has 4 nitrogen and oxygen atoms in total. The fourth-order valence-corrected chi connectivity index (χ4v) is 2.54. The zero-order valence-corrected chi connectivity index (χ0v) is 12.8. The van der Waals surface area contributed by atoms with Gasteiger partial charge in [0.05, 0.1) is 17.2 Å². The third-order valence-electron chi connectivity index (χ3n) is 2.94. The lowest BCUT2D eigenvalue weighted by Gasteiger charge is -2.18. The molecule has 0 unspecified atom stereocenters. The lowest BCUT2D eigenvalue weighted by molar-refractivity contribution is 0.582. The zero-order valence-electron chi connectivity index (χ0n) is 12.0. The van der Waals surface area contributed by atoms with Gasteiger partial charge >= 0.3 is 0 Å². The number of aromatic nitrogens is 2. The first kappa shape index (κ1) is 14.9. The van der Waals surface area contributed by atoms with Crippen LogP contribution in [0.25, 0.3) is 0 Å². The van der Waals surface area contributed by atoms with Gasteiger partial charge < -0.3 is 10.2 Å². The molecule has 0 spiro atoms. The number of pyridine rings is 1. The van der Waals surface area contributed by atoms with Gasteiger partial charge in [0.15, 0.2) is 11.6 Å². The molecule has 0 aliphatic heterocycles. The monoisotopic (exact) mass is 294 g/mol. The van der Waals surface area contributed by atoms with Crippen LogP contribution in [0.4, 0.5) is 10.2 Å². The summed E-state index contributed by atoms with van der Waals surface area (Å²) >= 11 is 1.60. The van der Waals surface area contributed by atoms with Gasteiger partial charge in [0.25, 0.3) is 0 Å². The van der Waals surface area contributed by atoms with Crippen molar-refractivity contribution in [1.29, 1.82) is 0 Å². The third kappa shape index (κ3) is 3.52. The van der Waals surface area contributed by atoms with Gasteiger partial charge in [-0.15, -0.1) is 11.3 Å². The van der Waals surface area contributed by atoms with Gasteiger partial charge in [0, 0.05) is 30.7 Å². The minimum absolute atomic E-state index is 0.261. The Hall–Kier alpha value is -1.53. The van der Waals surface area contributed by atoms with E-state index in [2.05, 4.69) is 15.3 Å². The van der Waals surface area contributed by atoms with E-state index in [0.717, 1.165) is 17.2 Å². The molecule has 1 N–H and O–H groups in total. The highest BCUT2D eigenvalue weighted by molar-refractivity contribution is 7.09. The Morgan fingerprint density at radius 2 is 2.25 bits per heavy atom. The molecule has 0 aromatic carbocycles. The Morgan fingerprint density at radius 3 is 2.90 bits per heavy atom. The van der Waals surface area contributed by atoms with E-state index in [1.165, 1.54) is 0 Å². The molecule has 0 amide bonds. The van der Waals surface area contributed by atoms with Crippen LogP contribution in [0.5, 0.6) is 0 Å². The van der Waals surface area contributed by atoms with Gasteiger partial charge in [0.2, 0.25) is 0 Å². The second-order valence-corrected chi connectivity index (χ2v) is 5.66. The van der Waals surface area contributed by atoms with Crippen LogP contribution < -0.4 is 10.2 Å². The van der Waals surface area contributed by atoms with Crippen molar-refractivity contribution < 1.29 is 4.39 Å². The maximum atomic E-state index is 14.4. The van der Waals surface area contributed by atoms with E-state index in [1.54, 1.807) is 28.5 Å². The van der Waals surface area contributed by atoms with Crippen LogP contribution in [0.1, 0.15) is 23.2 Å². The number of thiazole rings is 1. The van der Waals surface area contributed by atoms with Crippen molar-refractivity contribution in [2.45, 2.75) is 26.9 Å². The summed E-state index contributed by atoms with van der Waals surface area (Å²) in [7, 11) is 1.83. The number of hydrogen-bond acceptors (Lipinski definition) is 5. The first-order valence-corrected chi connectivity index (χ1v) is 7.46. The number of nitrogens with zero attached hydrogens (tertiary/aromatic N) is 3. The molecule has 0 bridgehead atoms. The number of aryl methyl sites for hydroxylation is 1. The first-order valence-electron chi connectivity index (χ1n) is 6.58. The molecule has 2 rings (SSSR count). The maximum Gasteiger partial charge on any atom is 0.170 e. The molecule has 0 aliphatic carbocycles. The maximum absolute atomic E-state index is 14.4. The van der Waals surface area contributed by atoms with Crippen molar-refractivity contribution in [2.24, 2.45) is 0 Å². The van der Waals surface area contributed by atoms with Crippen LogP contribution in [0, 0.1) is 12.7 Å². The molecule has 0 atom stereocenters. The SMILES string of the molecule is CCNCc1ccnc(N(C)Cc2csc(C)n2)c1F. The topological polar surface area (TPSA) is 41.1 Å². The molecule has 0 saturated carbocycles. The highest BCUT2D eigenvalue weighted by Crippen LogP contribution is 2.20. The summed E-state index contributed by atoms with van der Waals surface area (Å²) in [5.41, 5.74) is 1.58. The summed E-state index contributed by atoms with van der Waals surface area (Å²) < 4.78 is 14.4. The molecule has 0 aliphatic rings. The number of hydrogen-bond donors (Lipinski definition) is 1. The van der Waals surface area contributed by atoms with Gasteiger partial charge in [0.1, 0.15) is 0 Å². The fourth-order valence-electron chi connectivity index (χ4n) is 1.93. The van der Waals surface area contributed by atoms with Crippen LogP contribution in [-0.4, -0.2) is 23.6 Å². The number of anilines is 1. The number of rotatable bonds is 6. The van der Waals surface area contributed by atoms with E-state index in [1.807, 2.05) is 26.3 Å². The average molecular weight is 294 g/mol. The van der Waals surface area contributed by atoms with Crippen molar-refractivity contribution in [3.63, 3.8) is 0 Å². The summed E-state index contributed by atoms with van der Waals surface area (Å²) in [5.74, 6) is 0.106. The van der Waals surface area contributed by atoms with E-state index < -0.39 is 0 Å². The van der Waals surface area contributed by atoms with E-state index in [9.17, 15) is 4.39 Å². The molecule has 0 saturated heterocycles. The zero-order chi connectivity index (χ0) is 14.5. The number of halogens is 1. The Kier molecular flexibility index (Phi) is 5.03. The van der Waals surface area contributed by atoms with E-state index in [0.29, 0.717) is 24.5 Å². The van der Waals surface area contributed by atoms with Crippen LogP contribution >= 0.6 is 11.3 Å². The Bertz CT molecular complexity index is 570.